The molecule has 0 bridgehead atoms. The standard InChI is InChI=1S/C18H27N3O4/c1-5-11-19-16(22)13(4)25-17(23)15(12(2)3)21-18(24)20-14-9-7-6-8-10-14/h6-10,12-13,15H,5,11H2,1-4H3,(H,19,22)(H2,20,21,24)/t13-,15+/m0/s1. The summed E-state index contributed by atoms with van der Waals surface area (Å²) in [5.74, 6) is -1.19. The molecular weight excluding hydrogens is 322 g/mol. The van der Waals surface area contributed by atoms with Crippen LogP contribution in [0.5, 0.6) is 0 Å². The number of rotatable bonds is 8. The molecule has 2 atom stereocenters. The van der Waals surface area contributed by atoms with Crippen LogP contribution in [0.4, 0.5) is 10.5 Å². The second kappa shape index (κ2) is 10.3. The summed E-state index contributed by atoms with van der Waals surface area (Å²) < 4.78 is 5.19. The summed E-state index contributed by atoms with van der Waals surface area (Å²) in [6.45, 7) is 7.53. The van der Waals surface area contributed by atoms with Crippen molar-refractivity contribution in [2.45, 2.75) is 46.3 Å². The highest BCUT2D eigenvalue weighted by atomic mass is 16.5. The summed E-state index contributed by atoms with van der Waals surface area (Å²) in [6.07, 6.45) is -0.123. The zero-order chi connectivity index (χ0) is 18.8. The van der Waals surface area contributed by atoms with E-state index in [1.165, 1.54) is 6.92 Å². The Hall–Kier alpha value is -2.57. The summed E-state index contributed by atoms with van der Waals surface area (Å²) in [5.41, 5.74) is 0.614. The SMILES string of the molecule is CCCNC(=O)[C@H](C)OC(=O)[C@H](NC(=O)Nc1ccccc1)C(C)C. The number of esters is 1. The van der Waals surface area contributed by atoms with Gasteiger partial charge in [0.2, 0.25) is 0 Å². The number of carbonyl (C=O) groups is 3. The van der Waals surface area contributed by atoms with Crippen molar-refractivity contribution in [3.63, 3.8) is 0 Å². The topological polar surface area (TPSA) is 96.5 Å². The molecule has 7 nitrogen and oxygen atoms in total. The molecule has 7 heteroatoms. The smallest absolute Gasteiger partial charge is 0.329 e. The number of hydrogen-bond donors (Lipinski definition) is 3. The van der Waals surface area contributed by atoms with Crippen LogP contribution in [0, 0.1) is 5.92 Å². The first kappa shape index (κ1) is 20.5. The molecule has 0 aliphatic carbocycles. The van der Waals surface area contributed by atoms with Gasteiger partial charge in [-0.05, 0) is 31.4 Å². The minimum atomic E-state index is -0.917. The molecule has 0 aromatic heterocycles. The zero-order valence-electron chi connectivity index (χ0n) is 15.2. The van der Waals surface area contributed by atoms with Gasteiger partial charge >= 0.3 is 12.0 Å². The van der Waals surface area contributed by atoms with Gasteiger partial charge in [-0.3, -0.25) is 4.79 Å². The lowest BCUT2D eigenvalue weighted by Crippen LogP contribution is -2.49. The van der Waals surface area contributed by atoms with E-state index in [2.05, 4.69) is 16.0 Å². The summed E-state index contributed by atoms with van der Waals surface area (Å²) >= 11 is 0. The maximum atomic E-state index is 12.3. The average molecular weight is 349 g/mol. The third-order valence-corrected chi connectivity index (χ3v) is 3.45. The maximum Gasteiger partial charge on any atom is 0.329 e. The van der Waals surface area contributed by atoms with Gasteiger partial charge in [-0.25, -0.2) is 9.59 Å². The van der Waals surface area contributed by atoms with E-state index in [0.717, 1.165) is 6.42 Å². The molecule has 0 saturated heterocycles. The number of anilines is 1. The summed E-state index contributed by atoms with van der Waals surface area (Å²) in [7, 11) is 0. The van der Waals surface area contributed by atoms with Crippen LogP contribution in [0.3, 0.4) is 0 Å². The third kappa shape index (κ3) is 7.24. The highest BCUT2D eigenvalue weighted by Crippen LogP contribution is 2.08. The number of amides is 3. The Morgan fingerprint density at radius 3 is 2.28 bits per heavy atom. The lowest BCUT2D eigenvalue weighted by Gasteiger charge is -2.23. The molecule has 0 saturated carbocycles. The Balaban J connectivity index is 2.61. The Morgan fingerprint density at radius 1 is 1.08 bits per heavy atom. The van der Waals surface area contributed by atoms with Gasteiger partial charge in [-0.2, -0.15) is 0 Å². The van der Waals surface area contributed by atoms with E-state index in [0.29, 0.717) is 12.2 Å². The van der Waals surface area contributed by atoms with E-state index >= 15 is 0 Å². The van der Waals surface area contributed by atoms with Crippen molar-refractivity contribution >= 4 is 23.6 Å². The highest BCUT2D eigenvalue weighted by Gasteiger charge is 2.28. The predicted molar refractivity (Wildman–Crippen MR) is 96.1 cm³/mol. The molecule has 0 unspecified atom stereocenters. The first-order valence-electron chi connectivity index (χ1n) is 8.45. The van der Waals surface area contributed by atoms with Gasteiger partial charge in [-0.15, -0.1) is 0 Å². The lowest BCUT2D eigenvalue weighted by atomic mass is 10.0. The van der Waals surface area contributed by atoms with Crippen molar-refractivity contribution in [2.75, 3.05) is 11.9 Å². The first-order valence-corrected chi connectivity index (χ1v) is 8.45. The van der Waals surface area contributed by atoms with Crippen LogP contribution in [0.15, 0.2) is 30.3 Å². The molecule has 25 heavy (non-hydrogen) atoms. The second-order valence-electron chi connectivity index (χ2n) is 6.06. The molecule has 1 aromatic carbocycles. The van der Waals surface area contributed by atoms with E-state index in [-0.39, 0.29) is 11.8 Å². The van der Waals surface area contributed by atoms with E-state index in [1.807, 2.05) is 13.0 Å². The van der Waals surface area contributed by atoms with Gasteiger partial charge in [-0.1, -0.05) is 39.0 Å². The van der Waals surface area contributed by atoms with Gasteiger partial charge in [0, 0.05) is 12.2 Å². The quantitative estimate of drug-likeness (QED) is 0.627. The molecule has 0 aliphatic rings. The lowest BCUT2D eigenvalue weighted by molar-refractivity contribution is -0.157. The van der Waals surface area contributed by atoms with Crippen LogP contribution < -0.4 is 16.0 Å². The molecule has 3 amide bonds. The van der Waals surface area contributed by atoms with Crippen molar-refractivity contribution < 1.29 is 19.1 Å². The largest absolute Gasteiger partial charge is 0.451 e. The van der Waals surface area contributed by atoms with E-state index < -0.39 is 24.1 Å². The fourth-order valence-corrected chi connectivity index (χ4v) is 2.02. The van der Waals surface area contributed by atoms with E-state index in [1.54, 1.807) is 38.1 Å². The molecule has 0 fully saturated rings. The van der Waals surface area contributed by atoms with Gasteiger partial charge in [0.05, 0.1) is 0 Å². The van der Waals surface area contributed by atoms with Gasteiger partial charge < -0.3 is 20.7 Å². The fraction of sp³-hybridized carbons (Fsp3) is 0.500. The molecule has 0 spiro atoms. The van der Waals surface area contributed by atoms with Crippen LogP contribution in [0.2, 0.25) is 0 Å². The number of para-hydroxylation sites is 1. The summed E-state index contributed by atoms with van der Waals surface area (Å²) in [6, 6.07) is 7.53. The van der Waals surface area contributed by atoms with Crippen LogP contribution in [0.25, 0.3) is 0 Å². The number of ether oxygens (including phenoxy) is 1. The fourth-order valence-electron chi connectivity index (χ4n) is 2.02. The van der Waals surface area contributed by atoms with Crippen molar-refractivity contribution in [2.24, 2.45) is 5.92 Å². The zero-order valence-corrected chi connectivity index (χ0v) is 15.2. The normalized spacial score (nSPS) is 12.8. The molecule has 3 N–H and O–H groups in total. The van der Waals surface area contributed by atoms with Crippen LogP contribution in [-0.4, -0.2) is 36.6 Å². The average Bonchev–Trinajstić information content (AvgIpc) is 2.57. The summed E-state index contributed by atoms with van der Waals surface area (Å²) in [5, 5.41) is 7.91. The second-order valence-corrected chi connectivity index (χ2v) is 6.06. The molecular formula is C18H27N3O4. The molecule has 0 aliphatic heterocycles. The Kier molecular flexibility index (Phi) is 8.46. The molecule has 1 aromatic rings. The number of carbonyl (C=O) groups excluding carboxylic acids is 3. The van der Waals surface area contributed by atoms with E-state index in [9.17, 15) is 14.4 Å². The number of benzene rings is 1. The van der Waals surface area contributed by atoms with Gasteiger partial charge in [0.15, 0.2) is 6.10 Å². The molecule has 138 valence electrons. The van der Waals surface area contributed by atoms with Crippen molar-refractivity contribution in [3.05, 3.63) is 30.3 Å². The van der Waals surface area contributed by atoms with Crippen LogP contribution >= 0.6 is 0 Å². The molecule has 0 heterocycles. The highest BCUT2D eigenvalue weighted by molar-refractivity contribution is 5.93. The molecule has 0 radical (unpaired) electrons. The third-order valence-electron chi connectivity index (χ3n) is 3.45. The number of nitrogens with one attached hydrogen (secondary N) is 3. The van der Waals surface area contributed by atoms with E-state index in [4.69, 9.17) is 4.74 Å². The van der Waals surface area contributed by atoms with Gasteiger partial charge in [0.25, 0.3) is 5.91 Å². The molecule has 1 rings (SSSR count). The predicted octanol–water partition coefficient (Wildman–Crippen LogP) is 2.29. The minimum absolute atomic E-state index is 0.195. The Morgan fingerprint density at radius 2 is 1.72 bits per heavy atom. The van der Waals surface area contributed by atoms with Crippen LogP contribution in [0.1, 0.15) is 34.1 Å². The van der Waals surface area contributed by atoms with Crippen molar-refractivity contribution in [1.82, 2.24) is 10.6 Å². The van der Waals surface area contributed by atoms with Crippen LogP contribution in [-0.2, 0) is 14.3 Å². The Labute approximate surface area is 148 Å². The first-order chi connectivity index (χ1) is 11.8. The van der Waals surface area contributed by atoms with Gasteiger partial charge in [0.1, 0.15) is 6.04 Å². The monoisotopic (exact) mass is 349 g/mol. The van der Waals surface area contributed by atoms with Crippen molar-refractivity contribution in [3.8, 4) is 0 Å². The summed E-state index contributed by atoms with van der Waals surface area (Å²) in [4.78, 5) is 36.2. The maximum absolute atomic E-state index is 12.3. The number of urea groups is 1. The Bertz CT molecular complexity index is 575. The number of hydrogen-bond acceptors (Lipinski definition) is 4. The van der Waals surface area contributed by atoms with Crippen molar-refractivity contribution in [1.29, 1.82) is 0 Å². The minimum Gasteiger partial charge on any atom is -0.451 e.